The Morgan fingerprint density at radius 1 is 1.19 bits per heavy atom. The fourth-order valence-electron chi connectivity index (χ4n) is 4.33. The molecule has 0 aliphatic heterocycles. The maximum Gasteiger partial charge on any atom is 0.233 e. The second kappa shape index (κ2) is 9.95. The van der Waals surface area contributed by atoms with E-state index in [2.05, 4.69) is 43.4 Å². The van der Waals surface area contributed by atoms with E-state index < -0.39 is 0 Å². The van der Waals surface area contributed by atoms with Crippen LogP contribution in [-0.4, -0.2) is 51.7 Å². The van der Waals surface area contributed by atoms with E-state index in [0.717, 1.165) is 53.9 Å². The van der Waals surface area contributed by atoms with E-state index in [4.69, 9.17) is 4.98 Å². The van der Waals surface area contributed by atoms with Crippen LogP contribution in [0.15, 0.2) is 30.5 Å². The molecule has 3 unspecified atom stereocenters. The molecular weight excluding hydrogens is 404 g/mol. The quantitative estimate of drug-likeness (QED) is 0.361. The molecule has 0 aromatic carbocycles. The van der Waals surface area contributed by atoms with Gasteiger partial charge in [0.15, 0.2) is 5.82 Å². The Labute approximate surface area is 188 Å². The Morgan fingerprint density at radius 3 is 2.84 bits per heavy atom. The van der Waals surface area contributed by atoms with Gasteiger partial charge in [0.05, 0.1) is 12.1 Å². The monoisotopic (exact) mass is 436 g/mol. The zero-order valence-electron chi connectivity index (χ0n) is 18.9. The summed E-state index contributed by atoms with van der Waals surface area (Å²) in [4.78, 5) is 21.1. The zero-order chi connectivity index (χ0) is 22.5. The average Bonchev–Trinajstić information content (AvgIpc) is 3.10. The lowest BCUT2D eigenvalue weighted by Crippen LogP contribution is -2.40. The summed E-state index contributed by atoms with van der Waals surface area (Å²) in [5, 5.41) is 21.3. The molecule has 3 aromatic rings. The van der Waals surface area contributed by atoms with Gasteiger partial charge in [-0.3, -0.25) is 14.9 Å². The number of nitrogens with one attached hydrogen (secondary N) is 5. The van der Waals surface area contributed by atoms with Crippen molar-refractivity contribution < 1.29 is 4.79 Å². The van der Waals surface area contributed by atoms with Crippen LogP contribution in [0.5, 0.6) is 0 Å². The number of aromatic nitrogens is 4. The van der Waals surface area contributed by atoms with Gasteiger partial charge in [-0.1, -0.05) is 6.92 Å². The number of fused-ring (bicyclic) bond motifs is 1. The summed E-state index contributed by atoms with van der Waals surface area (Å²) in [5.41, 5.74) is 1.85. The van der Waals surface area contributed by atoms with E-state index in [1.54, 1.807) is 13.2 Å². The number of carbonyl (C=O) groups excluding carboxylic acids is 1. The first-order chi connectivity index (χ1) is 15.5. The predicted octanol–water partition coefficient (Wildman–Crippen LogP) is 3.10. The summed E-state index contributed by atoms with van der Waals surface area (Å²) in [5.74, 6) is 2.84. The van der Waals surface area contributed by atoms with Crippen LogP contribution >= 0.6 is 0 Å². The van der Waals surface area contributed by atoms with Crippen molar-refractivity contribution >= 4 is 34.3 Å². The molecule has 0 saturated heterocycles. The Hall–Kier alpha value is -3.20. The van der Waals surface area contributed by atoms with Crippen molar-refractivity contribution in [1.29, 1.82) is 0 Å². The molecule has 32 heavy (non-hydrogen) atoms. The largest absolute Gasteiger partial charge is 0.367 e. The Morgan fingerprint density at radius 2 is 2.06 bits per heavy atom. The van der Waals surface area contributed by atoms with Crippen LogP contribution in [0.1, 0.15) is 38.3 Å². The molecule has 170 valence electrons. The molecule has 1 amide bonds. The van der Waals surface area contributed by atoms with E-state index in [0.29, 0.717) is 18.3 Å². The number of hydrogen-bond acceptors (Lipinski definition) is 7. The third-order valence-electron chi connectivity index (χ3n) is 6.00. The molecule has 3 atom stereocenters. The second-order valence-corrected chi connectivity index (χ2v) is 8.73. The highest BCUT2D eigenvalue weighted by Crippen LogP contribution is 2.29. The van der Waals surface area contributed by atoms with Crippen molar-refractivity contribution in [3.8, 4) is 0 Å². The fourth-order valence-corrected chi connectivity index (χ4v) is 4.33. The number of rotatable bonds is 7. The molecule has 0 spiro atoms. The molecule has 1 aliphatic carbocycles. The van der Waals surface area contributed by atoms with Gasteiger partial charge in [-0.05, 0) is 50.7 Å². The molecule has 1 saturated carbocycles. The SMILES string of the molecule is CNC(=O)CNC1CCC(C)CC(Nc2nc(Nc3cc(C)[nH]n3)cc3ncccc23)C1. The van der Waals surface area contributed by atoms with Gasteiger partial charge in [-0.25, -0.2) is 4.98 Å². The molecule has 9 heteroatoms. The lowest BCUT2D eigenvalue weighted by Gasteiger charge is -2.24. The minimum atomic E-state index is 0.0120. The summed E-state index contributed by atoms with van der Waals surface area (Å²) in [6.45, 7) is 4.60. The maximum atomic E-state index is 11.7. The number of carbonyl (C=O) groups is 1. The molecule has 1 fully saturated rings. The number of likely N-dealkylation sites (N-methyl/N-ethyl adjacent to an activating group) is 1. The highest BCUT2D eigenvalue weighted by atomic mass is 16.1. The van der Waals surface area contributed by atoms with Gasteiger partial charge in [0.25, 0.3) is 0 Å². The van der Waals surface area contributed by atoms with Crippen LogP contribution in [0.25, 0.3) is 10.9 Å². The number of anilines is 3. The normalized spacial score (nSPS) is 21.2. The second-order valence-electron chi connectivity index (χ2n) is 8.73. The number of nitrogens with zero attached hydrogens (tertiary/aromatic N) is 3. The third-order valence-corrected chi connectivity index (χ3v) is 6.00. The van der Waals surface area contributed by atoms with E-state index in [1.807, 2.05) is 31.2 Å². The summed E-state index contributed by atoms with van der Waals surface area (Å²) in [7, 11) is 1.67. The number of pyridine rings is 2. The van der Waals surface area contributed by atoms with Gasteiger partial charge >= 0.3 is 0 Å². The van der Waals surface area contributed by atoms with Crippen molar-refractivity contribution in [2.45, 2.75) is 51.6 Å². The Kier molecular flexibility index (Phi) is 6.84. The van der Waals surface area contributed by atoms with Crippen LogP contribution < -0.4 is 21.3 Å². The van der Waals surface area contributed by atoms with Gasteiger partial charge in [0.2, 0.25) is 5.91 Å². The third kappa shape index (κ3) is 5.53. The molecule has 0 bridgehead atoms. The summed E-state index contributed by atoms with van der Waals surface area (Å²) in [6, 6.07) is 8.38. The van der Waals surface area contributed by atoms with Crippen molar-refractivity contribution in [2.75, 3.05) is 24.2 Å². The van der Waals surface area contributed by atoms with Crippen LogP contribution in [0.4, 0.5) is 17.5 Å². The van der Waals surface area contributed by atoms with Crippen LogP contribution in [-0.2, 0) is 4.79 Å². The average molecular weight is 437 g/mol. The molecule has 5 N–H and O–H groups in total. The van der Waals surface area contributed by atoms with Gasteiger partial charge in [-0.15, -0.1) is 0 Å². The van der Waals surface area contributed by atoms with E-state index in [9.17, 15) is 4.79 Å². The van der Waals surface area contributed by atoms with Crippen molar-refractivity contribution in [3.63, 3.8) is 0 Å². The predicted molar refractivity (Wildman–Crippen MR) is 127 cm³/mol. The van der Waals surface area contributed by atoms with Crippen LogP contribution in [0.2, 0.25) is 0 Å². The standard InChI is InChI=1S/C23H32N8O/c1-14-6-7-16(26-13-22(32)24-3)11-17(9-14)27-23-18-5-4-8-25-19(18)12-20(29-23)28-21-10-15(2)30-31-21/h4-5,8,10,12,14,16-17,26H,6-7,9,11,13H2,1-3H3,(H,24,32)(H3,27,28,29,30,31). The van der Waals surface area contributed by atoms with Gasteiger partial charge in [0.1, 0.15) is 11.6 Å². The van der Waals surface area contributed by atoms with E-state index >= 15 is 0 Å². The lowest BCUT2D eigenvalue weighted by molar-refractivity contribution is -0.119. The Bertz CT molecular complexity index is 1070. The summed E-state index contributed by atoms with van der Waals surface area (Å²) >= 11 is 0. The Balaban J connectivity index is 1.56. The fraction of sp³-hybridized carbons (Fsp3) is 0.478. The topological polar surface area (TPSA) is 120 Å². The summed E-state index contributed by atoms with van der Waals surface area (Å²) in [6.07, 6.45) is 5.98. The first-order valence-electron chi connectivity index (χ1n) is 11.3. The van der Waals surface area contributed by atoms with Gasteiger partial charge in [0, 0.05) is 48.5 Å². The number of H-pyrrole nitrogens is 1. The zero-order valence-corrected chi connectivity index (χ0v) is 18.9. The smallest absolute Gasteiger partial charge is 0.233 e. The van der Waals surface area contributed by atoms with Crippen molar-refractivity contribution in [3.05, 3.63) is 36.2 Å². The van der Waals surface area contributed by atoms with Crippen LogP contribution in [0, 0.1) is 12.8 Å². The number of aromatic amines is 1. The highest BCUT2D eigenvalue weighted by Gasteiger charge is 2.25. The first-order valence-corrected chi connectivity index (χ1v) is 11.3. The minimum absolute atomic E-state index is 0.0120. The number of aryl methyl sites for hydroxylation is 1. The molecular formula is C23H32N8O. The van der Waals surface area contributed by atoms with Crippen LogP contribution in [0.3, 0.4) is 0 Å². The lowest BCUT2D eigenvalue weighted by atomic mass is 10.0. The van der Waals surface area contributed by atoms with Gasteiger partial charge < -0.3 is 21.3 Å². The first kappa shape index (κ1) is 22.0. The minimum Gasteiger partial charge on any atom is -0.367 e. The molecule has 4 rings (SSSR count). The maximum absolute atomic E-state index is 11.7. The molecule has 0 radical (unpaired) electrons. The molecule has 9 nitrogen and oxygen atoms in total. The highest BCUT2D eigenvalue weighted by molar-refractivity contribution is 5.91. The molecule has 3 aromatic heterocycles. The van der Waals surface area contributed by atoms with Crippen molar-refractivity contribution in [2.24, 2.45) is 5.92 Å². The van der Waals surface area contributed by atoms with E-state index in [-0.39, 0.29) is 18.0 Å². The number of hydrogen-bond donors (Lipinski definition) is 5. The molecule has 3 heterocycles. The van der Waals surface area contributed by atoms with Crippen molar-refractivity contribution in [1.82, 2.24) is 30.8 Å². The summed E-state index contributed by atoms with van der Waals surface area (Å²) < 4.78 is 0. The number of amides is 1. The molecule has 1 aliphatic rings. The van der Waals surface area contributed by atoms with Gasteiger partial charge in [-0.2, -0.15) is 5.10 Å². The van der Waals surface area contributed by atoms with E-state index in [1.165, 1.54) is 0 Å².